The standard InChI is InChI=1S/C25H30N2O6/c1-16(2)9-10-26-24(29)13-27-19-12-18(6-8-21(19)33-15-25(27)30)20(28)14-32-22-7-5-17(3)11-23(22)31-4/h5-8,11-12,16H,9-10,13-15H2,1-4H3,(H,26,29). The maximum absolute atomic E-state index is 12.8. The first-order chi connectivity index (χ1) is 15.8. The van der Waals surface area contributed by atoms with Crippen LogP contribution in [0.25, 0.3) is 0 Å². The summed E-state index contributed by atoms with van der Waals surface area (Å²) >= 11 is 0. The Hall–Kier alpha value is -3.55. The third kappa shape index (κ3) is 6.25. The zero-order valence-electron chi connectivity index (χ0n) is 19.5. The summed E-state index contributed by atoms with van der Waals surface area (Å²) in [5, 5.41) is 2.83. The third-order valence-corrected chi connectivity index (χ3v) is 5.25. The Bertz CT molecular complexity index is 1030. The van der Waals surface area contributed by atoms with Crippen LogP contribution >= 0.6 is 0 Å². The van der Waals surface area contributed by atoms with E-state index in [-0.39, 0.29) is 37.4 Å². The van der Waals surface area contributed by atoms with Crippen molar-refractivity contribution in [2.24, 2.45) is 5.92 Å². The Morgan fingerprint density at radius 3 is 2.67 bits per heavy atom. The monoisotopic (exact) mass is 454 g/mol. The molecule has 33 heavy (non-hydrogen) atoms. The fraction of sp³-hybridized carbons (Fsp3) is 0.400. The number of carbonyl (C=O) groups excluding carboxylic acids is 3. The van der Waals surface area contributed by atoms with Gasteiger partial charge in [-0.1, -0.05) is 19.9 Å². The van der Waals surface area contributed by atoms with Gasteiger partial charge in [-0.15, -0.1) is 0 Å². The van der Waals surface area contributed by atoms with E-state index in [1.165, 1.54) is 12.0 Å². The topological polar surface area (TPSA) is 94.2 Å². The predicted molar refractivity (Wildman–Crippen MR) is 124 cm³/mol. The van der Waals surface area contributed by atoms with Crippen LogP contribution in [0.2, 0.25) is 0 Å². The van der Waals surface area contributed by atoms with Crippen molar-refractivity contribution in [2.75, 3.05) is 38.3 Å². The van der Waals surface area contributed by atoms with Gasteiger partial charge >= 0.3 is 0 Å². The van der Waals surface area contributed by atoms with Crippen molar-refractivity contribution in [3.8, 4) is 17.2 Å². The van der Waals surface area contributed by atoms with E-state index in [0.29, 0.717) is 41.0 Å². The number of fused-ring (bicyclic) bond motifs is 1. The highest BCUT2D eigenvalue weighted by Crippen LogP contribution is 2.33. The van der Waals surface area contributed by atoms with Crippen LogP contribution in [0, 0.1) is 12.8 Å². The number of nitrogens with zero attached hydrogens (tertiary/aromatic N) is 1. The minimum atomic E-state index is -0.341. The number of rotatable bonds is 10. The lowest BCUT2D eigenvalue weighted by atomic mass is 10.1. The molecule has 0 saturated carbocycles. The van der Waals surface area contributed by atoms with Gasteiger partial charge in [0.25, 0.3) is 5.91 Å². The number of hydrogen-bond donors (Lipinski definition) is 1. The van der Waals surface area contributed by atoms with E-state index in [2.05, 4.69) is 19.2 Å². The summed E-state index contributed by atoms with van der Waals surface area (Å²) in [6, 6.07) is 10.3. The van der Waals surface area contributed by atoms with Crippen LogP contribution in [0.3, 0.4) is 0 Å². The molecule has 0 aliphatic carbocycles. The summed E-state index contributed by atoms with van der Waals surface area (Å²) in [5.74, 6) is 1.04. The van der Waals surface area contributed by atoms with Crippen molar-refractivity contribution >= 4 is 23.3 Å². The van der Waals surface area contributed by atoms with Crippen LogP contribution in [0.1, 0.15) is 36.2 Å². The van der Waals surface area contributed by atoms with E-state index in [1.54, 1.807) is 24.3 Å². The Balaban J connectivity index is 1.71. The predicted octanol–water partition coefficient (Wildman–Crippen LogP) is 3.15. The minimum Gasteiger partial charge on any atom is -0.493 e. The summed E-state index contributed by atoms with van der Waals surface area (Å²) in [5.41, 5.74) is 1.76. The Morgan fingerprint density at radius 1 is 1.15 bits per heavy atom. The van der Waals surface area contributed by atoms with Gasteiger partial charge in [0, 0.05) is 12.1 Å². The van der Waals surface area contributed by atoms with E-state index in [1.807, 2.05) is 19.1 Å². The van der Waals surface area contributed by atoms with Gasteiger partial charge in [0.2, 0.25) is 5.91 Å². The molecule has 2 aromatic rings. The molecular weight excluding hydrogens is 424 g/mol. The van der Waals surface area contributed by atoms with Crippen molar-refractivity contribution in [3.63, 3.8) is 0 Å². The Kier molecular flexibility index (Phi) is 7.92. The number of carbonyl (C=O) groups is 3. The molecule has 0 aromatic heterocycles. The number of benzene rings is 2. The first kappa shape index (κ1) is 24.1. The number of Topliss-reactive ketones (excluding diaryl/α,β-unsaturated/α-hetero) is 1. The van der Waals surface area contributed by atoms with Crippen LogP contribution in [0.4, 0.5) is 5.69 Å². The second-order valence-electron chi connectivity index (χ2n) is 8.35. The molecule has 2 amide bonds. The van der Waals surface area contributed by atoms with Crippen molar-refractivity contribution < 1.29 is 28.6 Å². The molecule has 1 N–H and O–H groups in total. The van der Waals surface area contributed by atoms with Crippen molar-refractivity contribution in [2.45, 2.75) is 27.2 Å². The van der Waals surface area contributed by atoms with E-state index in [4.69, 9.17) is 14.2 Å². The van der Waals surface area contributed by atoms with Gasteiger partial charge in [0.05, 0.1) is 12.8 Å². The molecule has 8 heteroatoms. The quantitative estimate of drug-likeness (QED) is 0.555. The second-order valence-corrected chi connectivity index (χ2v) is 8.35. The number of nitrogens with one attached hydrogen (secondary N) is 1. The number of amides is 2. The molecule has 0 atom stereocenters. The van der Waals surface area contributed by atoms with Gasteiger partial charge in [-0.2, -0.15) is 0 Å². The van der Waals surface area contributed by atoms with Gasteiger partial charge in [0.15, 0.2) is 30.5 Å². The maximum Gasteiger partial charge on any atom is 0.265 e. The summed E-state index contributed by atoms with van der Waals surface area (Å²) < 4.78 is 16.5. The SMILES string of the molecule is COc1cc(C)ccc1OCC(=O)c1ccc2c(c1)N(CC(=O)NCCC(C)C)C(=O)CO2. The largest absolute Gasteiger partial charge is 0.493 e. The highest BCUT2D eigenvalue weighted by Gasteiger charge is 2.28. The Labute approximate surface area is 193 Å². The summed E-state index contributed by atoms with van der Waals surface area (Å²) in [6.07, 6.45) is 0.851. The molecular formula is C25H30N2O6. The Morgan fingerprint density at radius 2 is 1.94 bits per heavy atom. The number of aryl methyl sites for hydroxylation is 1. The van der Waals surface area contributed by atoms with Crippen molar-refractivity contribution in [1.82, 2.24) is 5.32 Å². The van der Waals surface area contributed by atoms with Gasteiger partial charge in [-0.05, 0) is 55.2 Å². The summed E-state index contributed by atoms with van der Waals surface area (Å²) in [4.78, 5) is 39.0. The molecule has 8 nitrogen and oxygen atoms in total. The summed E-state index contributed by atoms with van der Waals surface area (Å²) in [6.45, 7) is 6.13. The fourth-order valence-electron chi connectivity index (χ4n) is 3.37. The molecule has 0 fully saturated rings. The molecule has 3 rings (SSSR count). The second kappa shape index (κ2) is 10.8. The lowest BCUT2D eigenvalue weighted by molar-refractivity contribution is -0.125. The molecule has 0 spiro atoms. The van der Waals surface area contributed by atoms with Gasteiger partial charge in [-0.3, -0.25) is 19.3 Å². The van der Waals surface area contributed by atoms with E-state index in [0.717, 1.165) is 12.0 Å². The molecule has 176 valence electrons. The van der Waals surface area contributed by atoms with E-state index >= 15 is 0 Å². The molecule has 2 aromatic carbocycles. The highest BCUT2D eigenvalue weighted by atomic mass is 16.5. The molecule has 0 radical (unpaired) electrons. The fourth-order valence-corrected chi connectivity index (χ4v) is 3.37. The molecule has 1 aliphatic rings. The minimum absolute atomic E-state index is 0.137. The van der Waals surface area contributed by atoms with Crippen LogP contribution < -0.4 is 24.4 Å². The number of methoxy groups -OCH3 is 1. The molecule has 0 bridgehead atoms. The van der Waals surface area contributed by atoms with Crippen LogP contribution in [0.5, 0.6) is 17.2 Å². The molecule has 1 aliphatic heterocycles. The molecule has 1 heterocycles. The average Bonchev–Trinajstić information content (AvgIpc) is 2.79. The van der Waals surface area contributed by atoms with Gasteiger partial charge < -0.3 is 19.5 Å². The number of ketones is 1. The highest BCUT2D eigenvalue weighted by molar-refractivity contribution is 6.04. The van der Waals surface area contributed by atoms with Gasteiger partial charge in [-0.25, -0.2) is 0 Å². The zero-order chi connectivity index (χ0) is 24.0. The smallest absolute Gasteiger partial charge is 0.265 e. The summed E-state index contributed by atoms with van der Waals surface area (Å²) in [7, 11) is 1.54. The lowest BCUT2D eigenvalue weighted by Crippen LogP contribution is -2.45. The molecule has 0 saturated heterocycles. The first-order valence-corrected chi connectivity index (χ1v) is 10.9. The van der Waals surface area contributed by atoms with E-state index in [9.17, 15) is 14.4 Å². The van der Waals surface area contributed by atoms with E-state index < -0.39 is 0 Å². The number of ether oxygens (including phenoxy) is 3. The van der Waals surface area contributed by atoms with Crippen molar-refractivity contribution in [3.05, 3.63) is 47.5 Å². The number of anilines is 1. The lowest BCUT2D eigenvalue weighted by Gasteiger charge is -2.29. The van der Waals surface area contributed by atoms with Gasteiger partial charge in [0.1, 0.15) is 12.3 Å². The average molecular weight is 455 g/mol. The first-order valence-electron chi connectivity index (χ1n) is 10.9. The van der Waals surface area contributed by atoms with Crippen LogP contribution in [0.15, 0.2) is 36.4 Å². The zero-order valence-corrected chi connectivity index (χ0v) is 19.5. The van der Waals surface area contributed by atoms with Crippen LogP contribution in [-0.4, -0.2) is 51.0 Å². The molecule has 0 unspecified atom stereocenters. The van der Waals surface area contributed by atoms with Crippen LogP contribution in [-0.2, 0) is 9.59 Å². The third-order valence-electron chi connectivity index (χ3n) is 5.25. The number of hydrogen-bond acceptors (Lipinski definition) is 6. The van der Waals surface area contributed by atoms with Crippen molar-refractivity contribution in [1.29, 1.82) is 0 Å². The normalized spacial score (nSPS) is 12.8. The maximum atomic E-state index is 12.8.